The second-order valence-corrected chi connectivity index (χ2v) is 8.45. The minimum Gasteiger partial charge on any atom is -0.755 e. The van der Waals surface area contributed by atoms with Gasteiger partial charge in [-0.2, -0.15) is 0 Å². The Bertz CT molecular complexity index is 1450. The van der Waals surface area contributed by atoms with Crippen LogP contribution in [-0.2, 0) is 11.3 Å². The van der Waals surface area contributed by atoms with Crippen LogP contribution < -0.4 is 14.4 Å². The first-order chi connectivity index (χ1) is 16.3. The fourth-order valence-corrected chi connectivity index (χ4v) is 4.57. The van der Waals surface area contributed by atoms with E-state index < -0.39 is 17.1 Å². The molecule has 0 saturated carbocycles. The second kappa shape index (κ2) is 9.55. The number of hydrogen-bond acceptors (Lipinski definition) is 6. The van der Waals surface area contributed by atoms with E-state index in [4.69, 9.17) is 27.9 Å². The Labute approximate surface area is 205 Å². The Morgan fingerprint density at radius 3 is 2.68 bits per heavy atom. The van der Waals surface area contributed by atoms with E-state index in [1.165, 1.54) is 49.4 Å². The van der Waals surface area contributed by atoms with Crippen LogP contribution in [0.15, 0.2) is 49.1 Å². The number of benzene rings is 1. The fourth-order valence-electron chi connectivity index (χ4n) is 3.41. The third kappa shape index (κ3) is 4.18. The van der Waals surface area contributed by atoms with Crippen LogP contribution in [0.4, 0.5) is 15.8 Å². The molecule has 1 aromatic carbocycles. The molecule has 3 heterocycles. The number of carbonyl (C=O) groups is 1. The van der Waals surface area contributed by atoms with Gasteiger partial charge in [0.2, 0.25) is 5.88 Å². The van der Waals surface area contributed by atoms with Crippen LogP contribution in [0.3, 0.4) is 0 Å². The van der Waals surface area contributed by atoms with Crippen LogP contribution in [-0.4, -0.2) is 43.2 Å². The number of imidazole rings is 1. The van der Waals surface area contributed by atoms with Crippen molar-refractivity contribution in [3.63, 3.8) is 0 Å². The Morgan fingerprint density at radius 2 is 2.00 bits per heavy atom. The summed E-state index contributed by atoms with van der Waals surface area (Å²) in [6, 6.07) is 6.78. The van der Waals surface area contributed by atoms with Gasteiger partial charge >= 0.3 is 0 Å². The first kappa shape index (κ1) is 23.9. The molecule has 0 fully saturated rings. The molecule has 0 aliphatic rings. The molecule has 0 aliphatic carbocycles. The molecule has 3 aromatic heterocycles. The van der Waals surface area contributed by atoms with E-state index in [0.717, 1.165) is 10.4 Å². The normalized spacial score (nSPS) is 11.9. The highest BCUT2D eigenvalue weighted by atomic mass is 35.5. The maximum absolute atomic E-state index is 15.0. The van der Waals surface area contributed by atoms with Gasteiger partial charge in [0, 0.05) is 30.6 Å². The highest BCUT2D eigenvalue weighted by Crippen LogP contribution is 2.43. The smallest absolute Gasteiger partial charge is 0.271 e. The number of nitrogens with zero attached hydrogens (tertiary/aromatic N) is 4. The van der Waals surface area contributed by atoms with E-state index in [1.54, 1.807) is 12.1 Å². The quantitative estimate of drug-likeness (QED) is 0.381. The second-order valence-electron chi connectivity index (χ2n) is 6.83. The molecule has 4 aromatic rings. The van der Waals surface area contributed by atoms with E-state index in [-0.39, 0.29) is 44.5 Å². The first-order valence-electron chi connectivity index (χ1n) is 9.53. The maximum Gasteiger partial charge on any atom is 0.271 e. The average molecular weight is 523 g/mol. The summed E-state index contributed by atoms with van der Waals surface area (Å²) in [5.41, 5.74) is 0.899. The van der Waals surface area contributed by atoms with Crippen LogP contribution in [0, 0.1) is 5.82 Å². The highest BCUT2D eigenvalue weighted by Gasteiger charge is 2.24. The van der Waals surface area contributed by atoms with Gasteiger partial charge in [0.1, 0.15) is 17.8 Å². The molecular weight excluding hydrogens is 508 g/mol. The van der Waals surface area contributed by atoms with Crippen molar-refractivity contribution in [2.75, 3.05) is 18.5 Å². The zero-order valence-corrected chi connectivity index (χ0v) is 19.9. The summed E-state index contributed by atoms with van der Waals surface area (Å²) in [4.78, 5) is 20.1. The number of amides is 1. The number of ether oxygens (including phenoxy) is 1. The van der Waals surface area contributed by atoms with Crippen molar-refractivity contribution in [2.45, 2.75) is 0 Å². The molecule has 0 spiro atoms. The lowest BCUT2D eigenvalue weighted by molar-refractivity contribution is 0.0960. The molecule has 4 rings (SSSR count). The van der Waals surface area contributed by atoms with Crippen LogP contribution >= 0.6 is 23.2 Å². The molecule has 34 heavy (non-hydrogen) atoms. The number of nitrogens with one attached hydrogen (secondary N) is 1. The minimum atomic E-state index is -2.89. The monoisotopic (exact) mass is 522 g/mol. The third-order valence-corrected chi connectivity index (χ3v) is 6.19. The third-order valence-electron chi connectivity index (χ3n) is 4.91. The molecule has 9 nitrogen and oxygen atoms in total. The lowest BCUT2D eigenvalue weighted by Gasteiger charge is -2.29. The van der Waals surface area contributed by atoms with Crippen molar-refractivity contribution in [3.8, 4) is 17.0 Å². The topological polar surface area (TPSA) is 112 Å². The summed E-state index contributed by atoms with van der Waals surface area (Å²) in [6.45, 7) is 0. The fraction of sp³-hybridized carbons (Fsp3) is 0.0952. The number of methoxy groups -OCH3 is 1. The van der Waals surface area contributed by atoms with Gasteiger partial charge in [-0.3, -0.25) is 13.3 Å². The highest BCUT2D eigenvalue weighted by molar-refractivity contribution is 7.81. The minimum absolute atomic E-state index is 0.0110. The van der Waals surface area contributed by atoms with Gasteiger partial charge in [0.25, 0.3) is 5.91 Å². The van der Waals surface area contributed by atoms with Gasteiger partial charge in [-0.25, -0.2) is 14.4 Å². The van der Waals surface area contributed by atoms with Gasteiger partial charge in [-0.15, -0.1) is 0 Å². The summed E-state index contributed by atoms with van der Waals surface area (Å²) >= 11 is 9.69. The molecular formula is C21H15Cl2FN5O4S-. The van der Waals surface area contributed by atoms with E-state index >= 15 is 0 Å². The van der Waals surface area contributed by atoms with E-state index in [9.17, 15) is 17.9 Å². The van der Waals surface area contributed by atoms with Crippen LogP contribution in [0.1, 0.15) is 10.5 Å². The van der Waals surface area contributed by atoms with Gasteiger partial charge in [0.05, 0.1) is 39.6 Å². The lowest BCUT2D eigenvalue weighted by Crippen LogP contribution is -2.21. The SMILES string of the molecule is CNC(=O)c1ncn2cc(-c3c(F)ccc(N(c4cc(Cl)cnc4OC)S(=O)[O-])c3Cl)ccc12. The molecule has 0 aliphatic heterocycles. The van der Waals surface area contributed by atoms with Crippen molar-refractivity contribution in [3.05, 3.63) is 70.6 Å². The first-order valence-corrected chi connectivity index (χ1v) is 11.3. The molecule has 1 atom stereocenters. The Hall–Kier alpha value is -3.25. The molecule has 1 amide bonds. The van der Waals surface area contributed by atoms with Crippen molar-refractivity contribution >= 4 is 57.3 Å². The number of carbonyl (C=O) groups excluding carboxylic acids is 1. The van der Waals surface area contributed by atoms with E-state index in [0.29, 0.717) is 11.1 Å². The molecule has 0 radical (unpaired) electrons. The van der Waals surface area contributed by atoms with Gasteiger partial charge in [-0.1, -0.05) is 29.3 Å². The van der Waals surface area contributed by atoms with Crippen molar-refractivity contribution in [2.24, 2.45) is 0 Å². The molecule has 1 unspecified atom stereocenters. The van der Waals surface area contributed by atoms with Crippen LogP contribution in [0.2, 0.25) is 10.0 Å². The van der Waals surface area contributed by atoms with E-state index in [2.05, 4.69) is 15.3 Å². The standard InChI is InChI=1S/C21H16Cl2FN5O4S/c1-25-20(30)19-15-5-3-11(9-28(15)10-27-19)17-13(24)4-6-14(18(17)23)29(34(31)32)16-7-12(22)8-26-21(16)33-2/h3-10H,1-2H3,(H,25,30)(H,31,32)/p-1. The lowest BCUT2D eigenvalue weighted by atomic mass is 10.1. The Morgan fingerprint density at radius 1 is 1.24 bits per heavy atom. The summed E-state index contributed by atoms with van der Waals surface area (Å²) in [7, 11) is 2.80. The number of pyridine rings is 2. The molecule has 1 N–H and O–H groups in total. The largest absolute Gasteiger partial charge is 0.755 e. The number of fused-ring (bicyclic) bond motifs is 1. The predicted molar refractivity (Wildman–Crippen MR) is 126 cm³/mol. The number of halogens is 3. The molecule has 0 saturated heterocycles. The molecule has 0 bridgehead atoms. The van der Waals surface area contributed by atoms with Crippen LogP contribution in [0.25, 0.3) is 16.6 Å². The Balaban J connectivity index is 1.89. The van der Waals surface area contributed by atoms with E-state index in [1.807, 2.05) is 0 Å². The zero-order chi connectivity index (χ0) is 24.6. The predicted octanol–water partition coefficient (Wildman–Crippen LogP) is 4.14. The molecule has 176 valence electrons. The number of anilines is 2. The number of hydrogen-bond donors (Lipinski definition) is 1. The van der Waals surface area contributed by atoms with Gasteiger partial charge in [-0.05, 0) is 24.3 Å². The van der Waals surface area contributed by atoms with Gasteiger partial charge < -0.3 is 19.0 Å². The molecule has 13 heteroatoms. The summed E-state index contributed by atoms with van der Waals surface area (Å²) in [6.07, 6.45) is 4.23. The van der Waals surface area contributed by atoms with Crippen molar-refractivity contribution < 1.29 is 22.7 Å². The zero-order valence-electron chi connectivity index (χ0n) is 17.6. The van der Waals surface area contributed by atoms with Crippen LogP contribution in [0.5, 0.6) is 5.88 Å². The van der Waals surface area contributed by atoms with Crippen molar-refractivity contribution in [1.29, 1.82) is 0 Å². The van der Waals surface area contributed by atoms with Gasteiger partial charge in [0.15, 0.2) is 5.69 Å². The average Bonchev–Trinajstić information content (AvgIpc) is 3.23. The Kier molecular flexibility index (Phi) is 6.71. The number of rotatable bonds is 6. The summed E-state index contributed by atoms with van der Waals surface area (Å²) < 4.78 is 47.0. The van der Waals surface area contributed by atoms with Crippen molar-refractivity contribution in [1.82, 2.24) is 19.7 Å². The maximum atomic E-state index is 15.0. The summed E-state index contributed by atoms with van der Waals surface area (Å²) in [5.74, 6) is -1.09. The summed E-state index contributed by atoms with van der Waals surface area (Å²) in [5, 5.41) is 2.47. The number of aromatic nitrogens is 3.